The lowest BCUT2D eigenvalue weighted by Crippen LogP contribution is -2.42. The Hall–Kier alpha value is -1.30. The molecule has 0 aromatic heterocycles. The minimum Gasteiger partial charge on any atom is -0.481 e. The number of carboxylic acids is 1. The molecular formula is C16H28N2O4. The Kier molecular flexibility index (Phi) is 5.32. The van der Waals surface area contributed by atoms with Gasteiger partial charge in [0, 0.05) is 19.6 Å². The largest absolute Gasteiger partial charge is 0.481 e. The van der Waals surface area contributed by atoms with Crippen molar-refractivity contribution in [3.8, 4) is 0 Å². The van der Waals surface area contributed by atoms with E-state index in [2.05, 4.69) is 26.1 Å². The average molecular weight is 312 g/mol. The summed E-state index contributed by atoms with van der Waals surface area (Å²) in [6.07, 6.45) is 4.01. The van der Waals surface area contributed by atoms with Crippen LogP contribution < -0.4 is 5.32 Å². The van der Waals surface area contributed by atoms with Gasteiger partial charge >= 0.3 is 12.0 Å². The van der Waals surface area contributed by atoms with Gasteiger partial charge in [0.2, 0.25) is 0 Å². The minimum absolute atomic E-state index is 0.0830. The Labute approximate surface area is 132 Å². The Morgan fingerprint density at radius 2 is 2.00 bits per heavy atom. The second kappa shape index (κ2) is 6.86. The number of nitrogens with zero attached hydrogens (tertiary/aromatic N) is 1. The number of hydrogen-bond donors (Lipinski definition) is 2. The van der Waals surface area contributed by atoms with Crippen LogP contribution in [-0.4, -0.2) is 53.3 Å². The van der Waals surface area contributed by atoms with Gasteiger partial charge in [-0.25, -0.2) is 4.79 Å². The number of ether oxygens (including phenoxy) is 1. The minimum atomic E-state index is -0.811. The van der Waals surface area contributed by atoms with Gasteiger partial charge in [-0.05, 0) is 52.4 Å². The van der Waals surface area contributed by atoms with Gasteiger partial charge in [-0.15, -0.1) is 0 Å². The zero-order valence-electron chi connectivity index (χ0n) is 13.8. The highest BCUT2D eigenvalue weighted by molar-refractivity contribution is 5.77. The molecule has 1 heterocycles. The van der Waals surface area contributed by atoms with Crippen LogP contribution in [0, 0.1) is 11.8 Å². The van der Waals surface area contributed by atoms with Crippen molar-refractivity contribution in [3.63, 3.8) is 0 Å². The molecule has 1 aliphatic carbocycles. The van der Waals surface area contributed by atoms with Gasteiger partial charge in [-0.3, -0.25) is 4.79 Å². The standard InChI is InChI=1S/C16H28N2O4/c1-16(2,3)22-13-8-11(9-13)4-6-17-15(21)18-7-5-12(10-18)14(19)20/h11-13H,4-10H2,1-3H3,(H,17,21)(H,19,20). The Morgan fingerprint density at radius 3 is 2.55 bits per heavy atom. The summed E-state index contributed by atoms with van der Waals surface area (Å²) in [5.74, 6) is -0.597. The maximum Gasteiger partial charge on any atom is 0.317 e. The molecule has 0 aromatic carbocycles. The lowest BCUT2D eigenvalue weighted by atomic mass is 9.79. The van der Waals surface area contributed by atoms with E-state index in [1.54, 1.807) is 4.90 Å². The molecule has 6 heteroatoms. The quantitative estimate of drug-likeness (QED) is 0.814. The molecule has 1 aliphatic heterocycles. The number of rotatable bonds is 5. The third-order valence-corrected chi connectivity index (χ3v) is 4.37. The molecule has 2 amide bonds. The van der Waals surface area contributed by atoms with Crippen molar-refractivity contribution in [2.75, 3.05) is 19.6 Å². The summed E-state index contributed by atoms with van der Waals surface area (Å²) in [6, 6.07) is -0.134. The van der Waals surface area contributed by atoms with Crippen molar-refractivity contribution in [1.82, 2.24) is 10.2 Å². The van der Waals surface area contributed by atoms with Crippen LogP contribution in [-0.2, 0) is 9.53 Å². The summed E-state index contributed by atoms with van der Waals surface area (Å²) >= 11 is 0. The summed E-state index contributed by atoms with van der Waals surface area (Å²) in [5, 5.41) is 11.8. The Bertz CT molecular complexity index is 413. The van der Waals surface area contributed by atoms with E-state index in [1.165, 1.54) is 0 Å². The molecule has 2 aliphatic rings. The molecule has 0 aromatic rings. The number of aliphatic carboxylic acids is 1. The number of hydrogen-bond acceptors (Lipinski definition) is 3. The van der Waals surface area contributed by atoms with E-state index in [-0.39, 0.29) is 11.6 Å². The maximum atomic E-state index is 12.0. The third kappa shape index (κ3) is 4.87. The first-order valence-corrected chi connectivity index (χ1v) is 8.18. The molecule has 2 rings (SSSR count). The number of nitrogens with one attached hydrogen (secondary N) is 1. The lowest BCUT2D eigenvalue weighted by molar-refractivity contribution is -0.141. The molecular weight excluding hydrogens is 284 g/mol. The van der Waals surface area contributed by atoms with Crippen LogP contribution in [0.5, 0.6) is 0 Å². The maximum absolute atomic E-state index is 12.0. The molecule has 22 heavy (non-hydrogen) atoms. The summed E-state index contributed by atoms with van der Waals surface area (Å²) in [6.45, 7) is 7.72. The van der Waals surface area contributed by atoms with Gasteiger partial charge in [0.05, 0.1) is 17.6 Å². The van der Waals surface area contributed by atoms with Crippen molar-refractivity contribution in [3.05, 3.63) is 0 Å². The van der Waals surface area contributed by atoms with Gasteiger partial charge in [0.1, 0.15) is 0 Å². The normalized spacial score (nSPS) is 28.3. The monoisotopic (exact) mass is 312 g/mol. The van der Waals surface area contributed by atoms with Crippen LogP contribution in [0.3, 0.4) is 0 Å². The van der Waals surface area contributed by atoms with Gasteiger partial charge in [-0.1, -0.05) is 0 Å². The van der Waals surface area contributed by atoms with Crippen molar-refractivity contribution >= 4 is 12.0 Å². The molecule has 1 saturated heterocycles. The number of carboxylic acid groups (broad SMARTS) is 1. The van der Waals surface area contributed by atoms with Crippen molar-refractivity contribution in [2.24, 2.45) is 11.8 Å². The van der Waals surface area contributed by atoms with E-state index in [0.717, 1.165) is 19.3 Å². The second-order valence-electron chi connectivity index (χ2n) is 7.48. The first-order chi connectivity index (χ1) is 10.2. The number of likely N-dealkylation sites (tertiary alicyclic amines) is 1. The SMILES string of the molecule is CC(C)(C)OC1CC(CCNC(=O)N2CCC(C(=O)O)C2)C1. The van der Waals surface area contributed by atoms with Gasteiger partial charge < -0.3 is 20.1 Å². The molecule has 2 fully saturated rings. The smallest absolute Gasteiger partial charge is 0.317 e. The molecule has 0 spiro atoms. The van der Waals surface area contributed by atoms with E-state index in [1.807, 2.05) is 0 Å². The molecule has 1 atom stereocenters. The topological polar surface area (TPSA) is 78.9 Å². The van der Waals surface area contributed by atoms with Crippen LogP contribution in [0.1, 0.15) is 46.5 Å². The van der Waals surface area contributed by atoms with Gasteiger partial charge in [-0.2, -0.15) is 0 Å². The van der Waals surface area contributed by atoms with Crippen LogP contribution in [0.2, 0.25) is 0 Å². The van der Waals surface area contributed by atoms with Crippen LogP contribution in [0.4, 0.5) is 4.79 Å². The Morgan fingerprint density at radius 1 is 1.32 bits per heavy atom. The highest BCUT2D eigenvalue weighted by Gasteiger charge is 2.33. The van der Waals surface area contributed by atoms with Crippen molar-refractivity contribution in [1.29, 1.82) is 0 Å². The third-order valence-electron chi connectivity index (χ3n) is 4.37. The van der Waals surface area contributed by atoms with Crippen LogP contribution in [0.25, 0.3) is 0 Å². The summed E-state index contributed by atoms with van der Waals surface area (Å²) in [7, 11) is 0. The predicted molar refractivity (Wildman–Crippen MR) is 82.7 cm³/mol. The zero-order chi connectivity index (χ0) is 16.3. The number of amides is 2. The Balaban J connectivity index is 1.57. The van der Waals surface area contributed by atoms with Gasteiger partial charge in [0.25, 0.3) is 0 Å². The van der Waals surface area contributed by atoms with E-state index < -0.39 is 11.9 Å². The fraction of sp³-hybridized carbons (Fsp3) is 0.875. The predicted octanol–water partition coefficient (Wildman–Crippen LogP) is 2.09. The fourth-order valence-corrected chi connectivity index (χ4v) is 3.15. The lowest BCUT2D eigenvalue weighted by Gasteiger charge is -2.39. The van der Waals surface area contributed by atoms with Crippen LogP contribution >= 0.6 is 0 Å². The second-order valence-corrected chi connectivity index (χ2v) is 7.48. The first kappa shape index (κ1) is 17.1. The molecule has 0 bridgehead atoms. The number of urea groups is 1. The van der Waals surface area contributed by atoms with E-state index in [4.69, 9.17) is 9.84 Å². The highest BCUT2D eigenvalue weighted by Crippen LogP contribution is 2.34. The summed E-state index contributed by atoms with van der Waals surface area (Å²) in [4.78, 5) is 24.4. The van der Waals surface area contributed by atoms with E-state index >= 15 is 0 Å². The molecule has 126 valence electrons. The van der Waals surface area contributed by atoms with Crippen molar-refractivity contribution in [2.45, 2.75) is 58.2 Å². The van der Waals surface area contributed by atoms with Crippen molar-refractivity contribution < 1.29 is 19.4 Å². The highest BCUT2D eigenvalue weighted by atomic mass is 16.5. The molecule has 6 nitrogen and oxygen atoms in total. The van der Waals surface area contributed by atoms with Gasteiger partial charge in [0.15, 0.2) is 0 Å². The zero-order valence-corrected chi connectivity index (χ0v) is 13.8. The van der Waals surface area contributed by atoms with E-state index in [9.17, 15) is 9.59 Å². The number of carbonyl (C=O) groups excluding carboxylic acids is 1. The first-order valence-electron chi connectivity index (χ1n) is 8.18. The summed E-state index contributed by atoms with van der Waals surface area (Å²) < 4.78 is 5.90. The molecule has 2 N–H and O–H groups in total. The molecule has 1 saturated carbocycles. The van der Waals surface area contributed by atoms with Crippen LogP contribution in [0.15, 0.2) is 0 Å². The van der Waals surface area contributed by atoms with E-state index in [0.29, 0.717) is 38.1 Å². The molecule has 1 unspecified atom stereocenters. The number of carbonyl (C=O) groups is 2. The molecule has 0 radical (unpaired) electrons. The average Bonchev–Trinajstić information content (AvgIpc) is 2.83. The fourth-order valence-electron chi connectivity index (χ4n) is 3.15. The summed E-state index contributed by atoms with van der Waals surface area (Å²) in [5.41, 5.74) is -0.0830.